The Kier molecular flexibility index (Phi) is 6.09. The third-order valence-corrected chi connectivity index (χ3v) is 5.32. The lowest BCUT2D eigenvalue weighted by Crippen LogP contribution is -2.18. The second-order valence-electron chi connectivity index (χ2n) is 6.49. The van der Waals surface area contributed by atoms with E-state index in [0.29, 0.717) is 28.7 Å². The van der Waals surface area contributed by atoms with Crippen molar-refractivity contribution in [3.05, 3.63) is 77.3 Å². The lowest BCUT2D eigenvalue weighted by atomic mass is 10.2. The number of hydrazone groups is 1. The Morgan fingerprint density at radius 2 is 1.90 bits per heavy atom. The zero-order valence-corrected chi connectivity index (χ0v) is 17.5. The maximum absolute atomic E-state index is 9.94. The van der Waals surface area contributed by atoms with Gasteiger partial charge in [0, 0.05) is 11.6 Å². The summed E-state index contributed by atoms with van der Waals surface area (Å²) in [4.78, 5) is 9.33. The number of fused-ring (bicyclic) bond motifs is 1. The number of para-hydroxylation sites is 1. The maximum atomic E-state index is 9.94. The molecule has 8 heteroatoms. The molecule has 0 fully saturated rings. The lowest BCUT2D eigenvalue weighted by Gasteiger charge is -2.05. The number of nitrogens with zero attached hydrogens (tertiary/aromatic N) is 3. The number of amidine groups is 1. The third kappa shape index (κ3) is 4.99. The van der Waals surface area contributed by atoms with Gasteiger partial charge in [-0.3, -0.25) is 5.43 Å². The van der Waals surface area contributed by atoms with E-state index in [9.17, 15) is 10.2 Å². The van der Waals surface area contributed by atoms with Crippen molar-refractivity contribution >= 4 is 39.3 Å². The minimum atomic E-state index is -0.0736. The minimum Gasteiger partial charge on any atom is -0.508 e. The van der Waals surface area contributed by atoms with Crippen LogP contribution < -0.4 is 10.2 Å². The molecule has 0 amide bonds. The molecule has 0 spiro atoms. The fraction of sp³-hybridized carbons (Fsp3) is 0.0870. The molecule has 0 aliphatic carbocycles. The van der Waals surface area contributed by atoms with Crippen LogP contribution in [0.15, 0.2) is 76.8 Å². The van der Waals surface area contributed by atoms with Crippen LogP contribution in [0.2, 0.25) is 0 Å². The fourth-order valence-electron chi connectivity index (χ4n) is 2.81. The summed E-state index contributed by atoms with van der Waals surface area (Å²) in [6, 6.07) is 19.6. The number of aromatic hydroxyl groups is 2. The number of nitrogens with one attached hydrogen (secondary N) is 1. The van der Waals surface area contributed by atoms with Crippen molar-refractivity contribution in [2.45, 2.75) is 6.92 Å². The van der Waals surface area contributed by atoms with Gasteiger partial charge in [-0.05, 0) is 55.5 Å². The van der Waals surface area contributed by atoms with Gasteiger partial charge in [0.1, 0.15) is 17.2 Å². The monoisotopic (exact) mass is 432 g/mol. The molecule has 0 saturated heterocycles. The SMILES string of the molecule is CCOc1ccc(N=C(N/N=C/c2ccc(O)cc2O)c2nc3ccccc3s2)cc1. The summed E-state index contributed by atoms with van der Waals surface area (Å²) >= 11 is 1.50. The smallest absolute Gasteiger partial charge is 0.183 e. The van der Waals surface area contributed by atoms with E-state index in [2.05, 4.69) is 20.5 Å². The molecule has 1 aromatic heterocycles. The standard InChI is InChI=1S/C23H20N4O3S/c1-2-30-18-11-8-16(9-12-18)25-22(23-26-19-5-3-4-6-21(19)31-23)27-24-14-15-7-10-17(28)13-20(15)29/h3-14,28-29H,2H2,1H3,(H,25,27)/b24-14+. The molecule has 1 heterocycles. The third-order valence-electron chi connectivity index (χ3n) is 4.27. The highest BCUT2D eigenvalue weighted by Gasteiger charge is 2.11. The highest BCUT2D eigenvalue weighted by atomic mass is 32.1. The van der Waals surface area contributed by atoms with E-state index in [1.807, 2.05) is 55.5 Å². The molecular weight excluding hydrogens is 412 g/mol. The van der Waals surface area contributed by atoms with E-state index in [4.69, 9.17) is 4.74 Å². The van der Waals surface area contributed by atoms with Crippen LogP contribution in [0.5, 0.6) is 17.2 Å². The Morgan fingerprint density at radius 3 is 2.65 bits per heavy atom. The van der Waals surface area contributed by atoms with Crippen LogP contribution in [0.25, 0.3) is 10.2 Å². The van der Waals surface area contributed by atoms with E-state index in [1.54, 1.807) is 6.07 Å². The first-order chi connectivity index (χ1) is 15.1. The second kappa shape index (κ2) is 9.27. The number of phenols is 2. The maximum Gasteiger partial charge on any atom is 0.183 e. The van der Waals surface area contributed by atoms with Crippen molar-refractivity contribution in [1.82, 2.24) is 10.4 Å². The van der Waals surface area contributed by atoms with Crippen LogP contribution in [-0.4, -0.2) is 33.9 Å². The van der Waals surface area contributed by atoms with Gasteiger partial charge in [0.15, 0.2) is 10.8 Å². The Bertz CT molecular complexity index is 1220. The molecule has 0 aliphatic rings. The Balaban J connectivity index is 1.65. The molecule has 7 nitrogen and oxygen atoms in total. The Morgan fingerprint density at radius 1 is 1.10 bits per heavy atom. The number of hydrogen-bond donors (Lipinski definition) is 3. The molecule has 0 unspecified atom stereocenters. The van der Waals surface area contributed by atoms with E-state index >= 15 is 0 Å². The number of ether oxygens (including phenoxy) is 1. The van der Waals surface area contributed by atoms with Crippen LogP contribution in [0.1, 0.15) is 17.5 Å². The summed E-state index contributed by atoms with van der Waals surface area (Å²) in [5, 5.41) is 24.3. The predicted molar refractivity (Wildman–Crippen MR) is 124 cm³/mol. The first-order valence-corrected chi connectivity index (χ1v) is 10.4. The number of aromatic nitrogens is 1. The van der Waals surface area contributed by atoms with Gasteiger partial charge < -0.3 is 14.9 Å². The number of benzene rings is 3. The molecule has 0 radical (unpaired) electrons. The average Bonchev–Trinajstić information content (AvgIpc) is 3.20. The molecular formula is C23H20N4O3S. The van der Waals surface area contributed by atoms with Crippen LogP contribution in [0, 0.1) is 0 Å². The molecule has 156 valence electrons. The van der Waals surface area contributed by atoms with Gasteiger partial charge in [-0.15, -0.1) is 11.3 Å². The zero-order valence-electron chi connectivity index (χ0n) is 16.7. The molecule has 0 saturated carbocycles. The van der Waals surface area contributed by atoms with Gasteiger partial charge in [0.25, 0.3) is 0 Å². The van der Waals surface area contributed by atoms with E-state index in [-0.39, 0.29) is 11.5 Å². The average molecular weight is 433 g/mol. The zero-order chi connectivity index (χ0) is 21.6. The molecule has 3 aromatic carbocycles. The highest BCUT2D eigenvalue weighted by Crippen LogP contribution is 2.24. The van der Waals surface area contributed by atoms with Crippen LogP contribution >= 0.6 is 11.3 Å². The van der Waals surface area contributed by atoms with Crippen molar-refractivity contribution in [1.29, 1.82) is 0 Å². The summed E-state index contributed by atoms with van der Waals surface area (Å²) < 4.78 is 6.53. The first-order valence-electron chi connectivity index (χ1n) is 9.61. The molecule has 0 atom stereocenters. The number of rotatable bonds is 6. The minimum absolute atomic E-state index is 0.0187. The van der Waals surface area contributed by atoms with Crippen LogP contribution in [0.4, 0.5) is 5.69 Å². The van der Waals surface area contributed by atoms with Gasteiger partial charge >= 0.3 is 0 Å². The van der Waals surface area contributed by atoms with Crippen LogP contribution in [0.3, 0.4) is 0 Å². The van der Waals surface area contributed by atoms with Gasteiger partial charge in [-0.2, -0.15) is 5.10 Å². The topological polar surface area (TPSA) is 99.3 Å². The molecule has 0 bridgehead atoms. The number of thiazole rings is 1. The van der Waals surface area contributed by atoms with Crippen molar-refractivity contribution in [3.63, 3.8) is 0 Å². The molecule has 31 heavy (non-hydrogen) atoms. The van der Waals surface area contributed by atoms with E-state index in [1.165, 1.54) is 29.7 Å². The molecule has 4 rings (SSSR count). The summed E-state index contributed by atoms with van der Waals surface area (Å²) in [5.74, 6) is 1.15. The first kappa shape index (κ1) is 20.4. The predicted octanol–water partition coefficient (Wildman–Crippen LogP) is 4.81. The highest BCUT2D eigenvalue weighted by molar-refractivity contribution is 7.20. The van der Waals surface area contributed by atoms with E-state index < -0.39 is 0 Å². The largest absolute Gasteiger partial charge is 0.508 e. The van der Waals surface area contributed by atoms with E-state index in [0.717, 1.165) is 16.0 Å². The van der Waals surface area contributed by atoms with Crippen molar-refractivity contribution < 1.29 is 14.9 Å². The number of hydrogen-bond acceptors (Lipinski definition) is 7. The van der Waals surface area contributed by atoms with Gasteiger partial charge in [0.2, 0.25) is 0 Å². The summed E-state index contributed by atoms with van der Waals surface area (Å²) in [5.41, 5.74) is 4.99. The lowest BCUT2D eigenvalue weighted by molar-refractivity contribution is 0.340. The van der Waals surface area contributed by atoms with Crippen molar-refractivity contribution in [3.8, 4) is 17.2 Å². The summed E-state index contributed by atoms with van der Waals surface area (Å²) in [7, 11) is 0. The summed E-state index contributed by atoms with van der Waals surface area (Å²) in [6.45, 7) is 2.53. The normalized spacial score (nSPS) is 11.8. The quantitative estimate of drug-likeness (QED) is 0.231. The van der Waals surface area contributed by atoms with Gasteiger partial charge in [0.05, 0.1) is 28.7 Å². The van der Waals surface area contributed by atoms with Gasteiger partial charge in [-0.1, -0.05) is 12.1 Å². The number of aliphatic imine (C=N–C) groups is 1. The Labute approximate surface area is 183 Å². The van der Waals surface area contributed by atoms with Gasteiger partial charge in [-0.25, -0.2) is 9.98 Å². The summed E-state index contributed by atoms with van der Waals surface area (Å²) in [6.07, 6.45) is 1.45. The second-order valence-corrected chi connectivity index (χ2v) is 7.52. The van der Waals surface area contributed by atoms with Crippen molar-refractivity contribution in [2.24, 2.45) is 10.1 Å². The molecule has 0 aliphatic heterocycles. The molecule has 3 N–H and O–H groups in total. The Hall–Kier alpha value is -3.91. The number of phenolic OH excluding ortho intramolecular Hbond substituents is 2. The van der Waals surface area contributed by atoms with Crippen molar-refractivity contribution in [2.75, 3.05) is 6.61 Å². The molecule has 4 aromatic rings. The van der Waals surface area contributed by atoms with Crippen LogP contribution in [-0.2, 0) is 0 Å². The fourth-order valence-corrected chi connectivity index (χ4v) is 3.72.